The lowest BCUT2D eigenvalue weighted by atomic mass is 9.85. The summed E-state index contributed by atoms with van der Waals surface area (Å²) in [4.78, 5) is 66.8. The van der Waals surface area contributed by atoms with E-state index >= 15 is 0 Å². The molecule has 12 heteroatoms. The Balaban J connectivity index is 2.16. The molecule has 0 saturated carbocycles. The monoisotopic (exact) mass is 595 g/mol. The molecule has 5 amide bonds. The summed E-state index contributed by atoms with van der Waals surface area (Å²) < 4.78 is 12.5. The number of likely N-dealkylation sites (tertiary alicyclic amines) is 1. The van der Waals surface area contributed by atoms with Gasteiger partial charge in [0.15, 0.2) is 0 Å². The molecule has 6 atom stereocenters. The molecule has 5 unspecified atom stereocenters. The molecule has 11 nitrogen and oxygen atoms in total. The number of hydrogen-bond acceptors (Lipinski definition) is 6. The van der Waals surface area contributed by atoms with Gasteiger partial charge in [-0.05, 0) is 43.4 Å². The molecule has 2 fully saturated rings. The van der Waals surface area contributed by atoms with Gasteiger partial charge in [0.1, 0.15) is 12.1 Å². The lowest BCUT2D eigenvalue weighted by Crippen LogP contribution is -2.61. The van der Waals surface area contributed by atoms with Crippen molar-refractivity contribution >= 4 is 40.3 Å². The number of urea groups is 1. The van der Waals surface area contributed by atoms with Crippen LogP contribution in [-0.2, 0) is 30.0 Å². The van der Waals surface area contributed by atoms with Crippen LogP contribution < -0.4 is 21.3 Å². The number of nitrogens with one attached hydrogen (secondary N) is 4. The van der Waals surface area contributed by atoms with E-state index in [1.54, 1.807) is 0 Å². The predicted molar refractivity (Wildman–Crippen MR) is 159 cm³/mol. The summed E-state index contributed by atoms with van der Waals surface area (Å²) in [5.74, 6) is -1.75. The van der Waals surface area contributed by atoms with Crippen LogP contribution >= 0.6 is 0 Å². The first-order valence-corrected chi connectivity index (χ1v) is 16.1. The molecule has 0 aliphatic carbocycles. The average Bonchev–Trinajstić information content (AvgIpc) is 3.56. The molecule has 0 spiro atoms. The van der Waals surface area contributed by atoms with Crippen molar-refractivity contribution in [3.8, 4) is 0 Å². The SMILES string of the molecule is C=CCNC(=O)C(=O)C(CCC)NC(=O)[C@@H]1CCCN1C(=O)C(NC(=O)NC(C(C)C)C1CCCS1=O)C(C)(C)C. The minimum Gasteiger partial charge on any atom is -0.346 e. The van der Waals surface area contributed by atoms with Gasteiger partial charge in [0, 0.05) is 35.7 Å². The van der Waals surface area contributed by atoms with Gasteiger partial charge in [-0.3, -0.25) is 23.4 Å². The Morgan fingerprint density at radius 1 is 1.05 bits per heavy atom. The minimum absolute atomic E-state index is 0.0564. The zero-order valence-corrected chi connectivity index (χ0v) is 26.2. The highest BCUT2D eigenvalue weighted by atomic mass is 32.2. The van der Waals surface area contributed by atoms with Crippen molar-refractivity contribution in [2.45, 2.75) is 109 Å². The molecule has 0 aromatic carbocycles. The number of carbonyl (C=O) groups is 5. The Morgan fingerprint density at radius 2 is 1.73 bits per heavy atom. The van der Waals surface area contributed by atoms with Crippen molar-refractivity contribution in [1.29, 1.82) is 0 Å². The van der Waals surface area contributed by atoms with Crippen LogP contribution in [0.1, 0.15) is 80.1 Å². The van der Waals surface area contributed by atoms with Crippen molar-refractivity contribution < 1.29 is 28.2 Å². The van der Waals surface area contributed by atoms with E-state index in [9.17, 15) is 28.2 Å². The molecule has 2 rings (SSSR count). The lowest BCUT2D eigenvalue weighted by Gasteiger charge is -2.36. The van der Waals surface area contributed by atoms with Crippen LogP contribution in [0.3, 0.4) is 0 Å². The summed E-state index contributed by atoms with van der Waals surface area (Å²) in [6, 6.07) is -3.58. The van der Waals surface area contributed by atoms with E-state index in [4.69, 9.17) is 0 Å². The maximum absolute atomic E-state index is 13.9. The second kappa shape index (κ2) is 15.5. The third-order valence-corrected chi connectivity index (χ3v) is 9.55. The second-order valence-corrected chi connectivity index (χ2v) is 14.1. The van der Waals surface area contributed by atoms with Crippen molar-refractivity contribution in [1.82, 2.24) is 26.2 Å². The van der Waals surface area contributed by atoms with Crippen LogP contribution in [0.2, 0.25) is 0 Å². The van der Waals surface area contributed by atoms with Gasteiger partial charge >= 0.3 is 6.03 Å². The predicted octanol–water partition coefficient (Wildman–Crippen LogP) is 1.78. The topological polar surface area (TPSA) is 154 Å². The highest BCUT2D eigenvalue weighted by molar-refractivity contribution is 7.86. The van der Waals surface area contributed by atoms with E-state index < -0.39 is 63.9 Å². The third-order valence-electron chi connectivity index (χ3n) is 7.66. The van der Waals surface area contributed by atoms with Crippen molar-refractivity contribution in [3.05, 3.63) is 12.7 Å². The number of amides is 5. The molecule has 0 radical (unpaired) electrons. The van der Waals surface area contributed by atoms with Gasteiger partial charge in [0.25, 0.3) is 5.91 Å². The molecule has 232 valence electrons. The number of Topliss-reactive ketones (excluding diaryl/α,β-unsaturated/α-hetero) is 1. The van der Waals surface area contributed by atoms with Gasteiger partial charge in [-0.15, -0.1) is 6.58 Å². The Labute approximate surface area is 246 Å². The quantitative estimate of drug-likeness (QED) is 0.188. The number of hydrogen-bond donors (Lipinski definition) is 4. The van der Waals surface area contributed by atoms with Crippen LogP contribution in [0.4, 0.5) is 4.79 Å². The van der Waals surface area contributed by atoms with Gasteiger partial charge in [0.2, 0.25) is 17.6 Å². The molecule has 2 saturated heterocycles. The maximum atomic E-state index is 13.9. The number of rotatable bonds is 13. The zero-order chi connectivity index (χ0) is 30.9. The van der Waals surface area contributed by atoms with E-state index in [1.165, 1.54) is 11.0 Å². The van der Waals surface area contributed by atoms with Crippen LogP contribution in [0.5, 0.6) is 0 Å². The van der Waals surface area contributed by atoms with Crippen molar-refractivity contribution in [2.24, 2.45) is 11.3 Å². The van der Waals surface area contributed by atoms with Gasteiger partial charge < -0.3 is 26.2 Å². The summed E-state index contributed by atoms with van der Waals surface area (Å²) >= 11 is 0. The molecule has 4 N–H and O–H groups in total. The standard InChI is InChI=1S/C29H49N5O6S/c1-8-12-19(23(35)26(37)30-15-9-2)31-25(36)20-13-10-16-34(20)27(38)24(29(5,6)7)33-28(39)32-22(18(3)4)21-14-11-17-41(21)40/h9,18-22,24H,2,8,10-17H2,1,3-7H3,(H,30,37)(H,31,36)(H2,32,33,39)/t19?,20-,21?,22?,24?,41?/m0/s1. The van der Waals surface area contributed by atoms with E-state index in [0.717, 1.165) is 12.8 Å². The molecule has 2 aliphatic rings. The Hall–Kier alpha value is -2.76. The first kappa shape index (κ1) is 34.4. The fraction of sp³-hybridized carbons (Fsp3) is 0.759. The van der Waals surface area contributed by atoms with Gasteiger partial charge in [-0.2, -0.15) is 0 Å². The first-order valence-electron chi connectivity index (χ1n) is 14.7. The van der Waals surface area contributed by atoms with Gasteiger partial charge in [-0.25, -0.2) is 4.79 Å². The first-order chi connectivity index (χ1) is 19.2. The molecule has 0 aromatic heterocycles. The van der Waals surface area contributed by atoms with Crippen LogP contribution in [0.25, 0.3) is 0 Å². The second-order valence-electron chi connectivity index (χ2n) is 12.4. The number of nitrogens with zero attached hydrogens (tertiary/aromatic N) is 1. The highest BCUT2D eigenvalue weighted by Crippen LogP contribution is 2.27. The third kappa shape index (κ3) is 9.37. The van der Waals surface area contributed by atoms with Crippen molar-refractivity contribution in [2.75, 3.05) is 18.8 Å². The van der Waals surface area contributed by atoms with E-state index in [-0.39, 0.29) is 30.2 Å². The van der Waals surface area contributed by atoms with Gasteiger partial charge in [0.05, 0.1) is 11.3 Å². The Bertz CT molecular complexity index is 1010. The largest absolute Gasteiger partial charge is 0.346 e. The normalized spacial score (nSPS) is 22.9. The van der Waals surface area contributed by atoms with E-state index in [0.29, 0.717) is 31.6 Å². The lowest BCUT2D eigenvalue weighted by molar-refractivity contribution is -0.143. The maximum Gasteiger partial charge on any atom is 0.315 e. The summed E-state index contributed by atoms with van der Waals surface area (Å²) in [7, 11) is -1.01. The molecule has 41 heavy (non-hydrogen) atoms. The molecular formula is C29H49N5O6S. The van der Waals surface area contributed by atoms with Crippen LogP contribution in [0.15, 0.2) is 12.7 Å². The molecule has 2 heterocycles. The van der Waals surface area contributed by atoms with Crippen LogP contribution in [-0.4, -0.2) is 86.9 Å². The molecule has 0 aromatic rings. The smallest absolute Gasteiger partial charge is 0.315 e. The summed E-state index contributed by atoms with van der Waals surface area (Å²) in [5.41, 5.74) is -0.675. The van der Waals surface area contributed by atoms with Crippen molar-refractivity contribution in [3.63, 3.8) is 0 Å². The number of ketones is 1. The average molecular weight is 596 g/mol. The van der Waals surface area contributed by atoms with E-state index in [2.05, 4.69) is 27.8 Å². The Kier molecular flexibility index (Phi) is 13.0. The minimum atomic E-state index is -1.01. The Morgan fingerprint density at radius 3 is 2.27 bits per heavy atom. The van der Waals surface area contributed by atoms with Crippen LogP contribution in [0, 0.1) is 11.3 Å². The zero-order valence-electron chi connectivity index (χ0n) is 25.4. The molecule has 2 aliphatic heterocycles. The molecule has 0 bridgehead atoms. The number of carbonyl (C=O) groups excluding carboxylic acids is 5. The fourth-order valence-corrected chi connectivity index (χ4v) is 7.31. The summed E-state index contributed by atoms with van der Waals surface area (Å²) in [6.45, 7) is 15.3. The summed E-state index contributed by atoms with van der Waals surface area (Å²) in [5, 5.41) is 10.8. The fourth-order valence-electron chi connectivity index (χ4n) is 5.42. The summed E-state index contributed by atoms with van der Waals surface area (Å²) in [6.07, 6.45) is 4.92. The molecular weight excluding hydrogens is 546 g/mol. The highest BCUT2D eigenvalue weighted by Gasteiger charge is 2.43. The van der Waals surface area contributed by atoms with Gasteiger partial charge in [-0.1, -0.05) is 54.0 Å². The van der Waals surface area contributed by atoms with E-state index in [1.807, 2.05) is 41.5 Å².